The van der Waals surface area contributed by atoms with Gasteiger partial charge < -0.3 is 10.1 Å². The summed E-state index contributed by atoms with van der Waals surface area (Å²) >= 11 is 1.25. The second-order valence-electron chi connectivity index (χ2n) is 7.43. The number of hydrogen-bond acceptors (Lipinski definition) is 5. The molecule has 0 atom stereocenters. The molecule has 1 N–H and O–H groups in total. The van der Waals surface area contributed by atoms with Crippen LogP contribution in [0.15, 0.2) is 78.0 Å². The first kappa shape index (κ1) is 22.5. The Morgan fingerprint density at radius 1 is 1.00 bits per heavy atom. The number of nitrogens with one attached hydrogen (secondary N) is 1. The minimum atomic E-state index is -0.405. The molecule has 0 radical (unpaired) electrons. The molecule has 0 aliphatic heterocycles. The van der Waals surface area contributed by atoms with Crippen molar-refractivity contribution in [2.45, 2.75) is 25.6 Å². The first-order valence-electron chi connectivity index (χ1n) is 10.4. The maximum Gasteiger partial charge on any atom is 0.234 e. The second-order valence-corrected chi connectivity index (χ2v) is 8.37. The number of carbonyl (C=O) groups excluding carboxylic acids is 1. The van der Waals surface area contributed by atoms with Gasteiger partial charge in [-0.15, -0.1) is 10.2 Å². The molecule has 1 heterocycles. The van der Waals surface area contributed by atoms with Crippen LogP contribution in [-0.2, 0) is 11.4 Å². The predicted octanol–water partition coefficient (Wildman–Crippen LogP) is 5.33. The SMILES string of the molecule is Cc1cccc(C)c1OCc1nnc(SCC(=O)Nc2cccc(F)c2)n1-c1ccccc1. The lowest BCUT2D eigenvalue weighted by atomic mass is 10.1. The molecule has 0 aliphatic carbocycles. The minimum Gasteiger partial charge on any atom is -0.485 e. The first-order valence-corrected chi connectivity index (χ1v) is 11.4. The van der Waals surface area contributed by atoms with Crippen molar-refractivity contribution in [2.75, 3.05) is 11.1 Å². The molecule has 0 fully saturated rings. The zero-order valence-electron chi connectivity index (χ0n) is 18.3. The zero-order valence-corrected chi connectivity index (χ0v) is 19.1. The summed E-state index contributed by atoms with van der Waals surface area (Å²) in [5.41, 5.74) is 3.37. The Bertz CT molecular complexity index is 1240. The summed E-state index contributed by atoms with van der Waals surface area (Å²) in [7, 11) is 0. The third kappa shape index (κ3) is 5.59. The number of para-hydroxylation sites is 2. The van der Waals surface area contributed by atoms with Crippen molar-refractivity contribution in [3.05, 3.63) is 95.6 Å². The molecule has 1 aromatic heterocycles. The molecule has 3 aromatic carbocycles. The minimum absolute atomic E-state index is 0.0965. The van der Waals surface area contributed by atoms with E-state index < -0.39 is 5.82 Å². The second kappa shape index (κ2) is 10.3. The Hall–Kier alpha value is -3.65. The number of thioether (sulfide) groups is 1. The maximum atomic E-state index is 13.4. The molecule has 1 amide bonds. The Morgan fingerprint density at radius 2 is 1.73 bits per heavy atom. The summed E-state index contributed by atoms with van der Waals surface area (Å²) in [5, 5.41) is 11.9. The Balaban J connectivity index is 1.52. The van der Waals surface area contributed by atoms with Crippen LogP contribution in [0.3, 0.4) is 0 Å². The number of nitrogens with zero attached hydrogens (tertiary/aromatic N) is 3. The van der Waals surface area contributed by atoms with Crippen LogP contribution in [0.4, 0.5) is 10.1 Å². The van der Waals surface area contributed by atoms with E-state index in [9.17, 15) is 9.18 Å². The average molecular weight is 463 g/mol. The lowest BCUT2D eigenvalue weighted by Gasteiger charge is -2.13. The lowest BCUT2D eigenvalue weighted by molar-refractivity contribution is -0.113. The molecule has 0 aliphatic rings. The van der Waals surface area contributed by atoms with Crippen LogP contribution in [0, 0.1) is 19.7 Å². The van der Waals surface area contributed by atoms with E-state index in [2.05, 4.69) is 15.5 Å². The van der Waals surface area contributed by atoms with Gasteiger partial charge in [-0.1, -0.05) is 54.2 Å². The number of hydrogen-bond donors (Lipinski definition) is 1. The van der Waals surface area contributed by atoms with E-state index in [1.165, 1.54) is 23.9 Å². The Kier molecular flexibility index (Phi) is 7.04. The molecule has 0 unspecified atom stereocenters. The number of anilines is 1. The molecule has 168 valence electrons. The number of ether oxygens (including phenoxy) is 1. The van der Waals surface area contributed by atoms with Gasteiger partial charge in [0, 0.05) is 11.4 Å². The molecule has 0 saturated heterocycles. The van der Waals surface area contributed by atoms with E-state index >= 15 is 0 Å². The zero-order chi connectivity index (χ0) is 23.2. The van der Waals surface area contributed by atoms with Gasteiger partial charge in [-0.3, -0.25) is 9.36 Å². The molecular formula is C25H23FN4O2S. The number of halogens is 1. The summed E-state index contributed by atoms with van der Waals surface area (Å²) in [5.74, 6) is 0.874. The number of benzene rings is 3. The molecule has 0 saturated carbocycles. The highest BCUT2D eigenvalue weighted by Gasteiger charge is 2.17. The highest BCUT2D eigenvalue weighted by Crippen LogP contribution is 2.26. The summed E-state index contributed by atoms with van der Waals surface area (Å²) in [6.45, 7) is 4.23. The van der Waals surface area contributed by atoms with E-state index in [-0.39, 0.29) is 18.3 Å². The largest absolute Gasteiger partial charge is 0.485 e. The van der Waals surface area contributed by atoms with Crippen LogP contribution in [0.2, 0.25) is 0 Å². The normalized spacial score (nSPS) is 10.8. The van der Waals surface area contributed by atoms with Crippen molar-refractivity contribution in [3.8, 4) is 11.4 Å². The maximum absolute atomic E-state index is 13.4. The Labute approximate surface area is 195 Å². The summed E-state index contributed by atoms with van der Waals surface area (Å²) in [6, 6.07) is 21.5. The topological polar surface area (TPSA) is 69.0 Å². The van der Waals surface area contributed by atoms with Gasteiger partial charge in [0.15, 0.2) is 11.0 Å². The van der Waals surface area contributed by atoms with Crippen LogP contribution in [0.5, 0.6) is 5.75 Å². The monoisotopic (exact) mass is 462 g/mol. The highest BCUT2D eigenvalue weighted by molar-refractivity contribution is 7.99. The van der Waals surface area contributed by atoms with Crippen LogP contribution in [-0.4, -0.2) is 26.4 Å². The molecule has 8 heteroatoms. The van der Waals surface area contributed by atoms with Crippen LogP contribution >= 0.6 is 11.8 Å². The van der Waals surface area contributed by atoms with Crippen LogP contribution < -0.4 is 10.1 Å². The highest BCUT2D eigenvalue weighted by atomic mass is 32.2. The van der Waals surface area contributed by atoms with Crippen molar-refractivity contribution in [1.82, 2.24) is 14.8 Å². The number of aryl methyl sites for hydroxylation is 2. The van der Waals surface area contributed by atoms with Gasteiger partial charge in [0.25, 0.3) is 0 Å². The van der Waals surface area contributed by atoms with Crippen molar-refractivity contribution in [3.63, 3.8) is 0 Å². The fourth-order valence-electron chi connectivity index (χ4n) is 3.38. The van der Waals surface area contributed by atoms with Crippen molar-refractivity contribution >= 4 is 23.4 Å². The van der Waals surface area contributed by atoms with Gasteiger partial charge in [-0.2, -0.15) is 0 Å². The van der Waals surface area contributed by atoms with Crippen LogP contribution in [0.25, 0.3) is 5.69 Å². The van der Waals surface area contributed by atoms with Gasteiger partial charge in [0.2, 0.25) is 5.91 Å². The van der Waals surface area contributed by atoms with Crippen molar-refractivity contribution in [2.24, 2.45) is 0 Å². The third-order valence-corrected chi connectivity index (χ3v) is 5.84. The van der Waals surface area contributed by atoms with Gasteiger partial charge in [-0.05, 0) is 55.3 Å². The molecule has 0 spiro atoms. The summed E-state index contributed by atoms with van der Waals surface area (Å²) in [4.78, 5) is 12.4. The number of carbonyl (C=O) groups is 1. The molecule has 6 nitrogen and oxygen atoms in total. The molecule has 4 rings (SSSR count). The standard InChI is InChI=1S/C25H23FN4O2S/c1-17-8-6-9-18(2)24(17)32-15-22-28-29-25(30(22)21-12-4-3-5-13-21)33-16-23(31)27-20-11-7-10-19(26)14-20/h3-14H,15-16H2,1-2H3,(H,27,31). The molecule has 4 aromatic rings. The van der Waals surface area contributed by atoms with Gasteiger partial charge in [-0.25, -0.2) is 4.39 Å². The number of amides is 1. The number of aromatic nitrogens is 3. The van der Waals surface area contributed by atoms with E-state index in [1.54, 1.807) is 12.1 Å². The number of rotatable bonds is 8. The van der Waals surface area contributed by atoms with Crippen molar-refractivity contribution < 1.29 is 13.9 Å². The van der Waals surface area contributed by atoms with E-state index in [1.807, 2.05) is 66.9 Å². The van der Waals surface area contributed by atoms with Crippen LogP contribution in [0.1, 0.15) is 17.0 Å². The lowest BCUT2D eigenvalue weighted by Crippen LogP contribution is -2.15. The molecular weight excluding hydrogens is 439 g/mol. The summed E-state index contributed by atoms with van der Waals surface area (Å²) in [6.07, 6.45) is 0. The average Bonchev–Trinajstić information content (AvgIpc) is 3.21. The van der Waals surface area contributed by atoms with Gasteiger partial charge in [0.1, 0.15) is 18.2 Å². The third-order valence-electron chi connectivity index (χ3n) is 4.91. The van der Waals surface area contributed by atoms with E-state index in [0.29, 0.717) is 16.7 Å². The van der Waals surface area contributed by atoms with E-state index in [0.717, 1.165) is 22.6 Å². The molecule has 33 heavy (non-hydrogen) atoms. The Morgan fingerprint density at radius 3 is 2.45 bits per heavy atom. The van der Waals surface area contributed by atoms with Gasteiger partial charge in [0.05, 0.1) is 5.75 Å². The van der Waals surface area contributed by atoms with Crippen molar-refractivity contribution in [1.29, 1.82) is 0 Å². The fraction of sp³-hybridized carbons (Fsp3) is 0.160. The fourth-order valence-corrected chi connectivity index (χ4v) is 4.15. The predicted molar refractivity (Wildman–Crippen MR) is 127 cm³/mol. The first-order chi connectivity index (χ1) is 16.0. The smallest absolute Gasteiger partial charge is 0.234 e. The quantitative estimate of drug-likeness (QED) is 0.358. The van der Waals surface area contributed by atoms with Gasteiger partial charge >= 0.3 is 0 Å². The molecule has 0 bridgehead atoms. The van der Waals surface area contributed by atoms with E-state index in [4.69, 9.17) is 4.74 Å². The summed E-state index contributed by atoms with van der Waals surface area (Å²) < 4.78 is 21.3.